The molecule has 0 amide bonds. The number of hydrogen-bond acceptors (Lipinski definition) is 3. The average Bonchev–Trinajstić information content (AvgIpc) is 2.90. The van der Waals surface area contributed by atoms with Gasteiger partial charge in [-0.1, -0.05) is 61.1 Å². The Bertz CT molecular complexity index is 720. The van der Waals surface area contributed by atoms with Crippen LogP contribution in [0.15, 0.2) is 54.1 Å². The van der Waals surface area contributed by atoms with E-state index in [0.29, 0.717) is 32.2 Å². The van der Waals surface area contributed by atoms with Crippen LogP contribution >= 0.6 is 0 Å². The van der Waals surface area contributed by atoms with Gasteiger partial charge in [0, 0.05) is 5.41 Å². The van der Waals surface area contributed by atoms with Gasteiger partial charge < -0.3 is 9.47 Å². The van der Waals surface area contributed by atoms with Crippen molar-refractivity contribution in [3.8, 4) is 0 Å². The van der Waals surface area contributed by atoms with Crippen LogP contribution in [0.3, 0.4) is 0 Å². The number of rotatable bonds is 4. The first-order chi connectivity index (χ1) is 12.1. The Morgan fingerprint density at radius 2 is 2.12 bits per heavy atom. The summed E-state index contributed by atoms with van der Waals surface area (Å²) in [5, 5.41) is 0. The summed E-state index contributed by atoms with van der Waals surface area (Å²) in [6.45, 7) is 8.12. The smallest absolute Gasteiger partial charge is 0.306 e. The minimum Gasteiger partial charge on any atom is -0.464 e. The third-order valence-electron chi connectivity index (χ3n) is 6.62. The molecule has 0 spiro atoms. The third kappa shape index (κ3) is 2.56. The lowest BCUT2D eigenvalue weighted by atomic mass is 9.55. The number of esters is 1. The van der Waals surface area contributed by atoms with Crippen LogP contribution in [0.4, 0.5) is 0 Å². The summed E-state index contributed by atoms with van der Waals surface area (Å²) in [6.07, 6.45) is 5.86. The number of allylic oxidation sites excluding steroid dienone is 1. The highest BCUT2D eigenvalue weighted by molar-refractivity contribution is 5.73. The number of carbonyl (C=O) groups is 1. The van der Waals surface area contributed by atoms with E-state index in [1.54, 1.807) is 0 Å². The maximum absolute atomic E-state index is 12.3. The van der Waals surface area contributed by atoms with E-state index in [4.69, 9.17) is 9.47 Å². The van der Waals surface area contributed by atoms with Gasteiger partial charge >= 0.3 is 5.97 Å². The lowest BCUT2D eigenvalue weighted by Crippen LogP contribution is -2.45. The Balaban J connectivity index is 1.62. The van der Waals surface area contributed by atoms with Crippen molar-refractivity contribution in [3.63, 3.8) is 0 Å². The average molecular weight is 338 g/mol. The summed E-state index contributed by atoms with van der Waals surface area (Å²) in [7, 11) is 0. The van der Waals surface area contributed by atoms with Gasteiger partial charge in [-0.05, 0) is 30.7 Å². The van der Waals surface area contributed by atoms with Gasteiger partial charge in [0.05, 0.1) is 25.0 Å². The molecular weight excluding hydrogens is 312 g/mol. The zero-order valence-corrected chi connectivity index (χ0v) is 14.9. The standard InChI is InChI=1S/C22H26O3/c1-16-8-9-19-21(16)11-10-17(2)22(19,15-25-20(23)12-21)14-24-13-18-6-4-3-5-7-18/h3-7,9,16H,2,8,10-15H2,1H3/t16-,21-,22-/m1/s1. The predicted molar refractivity (Wildman–Crippen MR) is 96.8 cm³/mol. The van der Waals surface area contributed by atoms with Crippen molar-refractivity contribution in [2.45, 2.75) is 39.2 Å². The largest absolute Gasteiger partial charge is 0.464 e. The van der Waals surface area contributed by atoms with E-state index in [2.05, 4.69) is 31.7 Å². The van der Waals surface area contributed by atoms with Crippen LogP contribution in [-0.4, -0.2) is 19.2 Å². The topological polar surface area (TPSA) is 35.5 Å². The zero-order valence-electron chi connectivity index (χ0n) is 14.9. The van der Waals surface area contributed by atoms with Crippen molar-refractivity contribution >= 4 is 5.97 Å². The predicted octanol–water partition coefficient (Wildman–Crippen LogP) is 4.44. The molecule has 2 bridgehead atoms. The molecule has 1 aliphatic heterocycles. The fraction of sp³-hybridized carbons (Fsp3) is 0.500. The van der Waals surface area contributed by atoms with Crippen molar-refractivity contribution in [2.24, 2.45) is 16.7 Å². The highest BCUT2D eigenvalue weighted by atomic mass is 16.5. The van der Waals surface area contributed by atoms with Gasteiger partial charge in [0.25, 0.3) is 0 Å². The second-order valence-electron chi connectivity index (χ2n) is 7.91. The van der Waals surface area contributed by atoms with Gasteiger partial charge in [0.1, 0.15) is 6.61 Å². The molecule has 0 unspecified atom stereocenters. The van der Waals surface area contributed by atoms with Crippen LogP contribution in [0.25, 0.3) is 0 Å². The van der Waals surface area contributed by atoms with Crippen LogP contribution in [0, 0.1) is 16.7 Å². The fourth-order valence-corrected chi connectivity index (χ4v) is 5.03. The summed E-state index contributed by atoms with van der Waals surface area (Å²) in [5.74, 6) is 0.411. The van der Waals surface area contributed by atoms with Crippen molar-refractivity contribution in [3.05, 3.63) is 59.7 Å². The molecule has 0 aromatic heterocycles. The molecule has 4 rings (SSSR count). The molecule has 1 saturated carbocycles. The van der Waals surface area contributed by atoms with E-state index in [1.165, 1.54) is 5.57 Å². The summed E-state index contributed by atoms with van der Waals surface area (Å²) >= 11 is 0. The molecule has 3 aliphatic rings. The lowest BCUT2D eigenvalue weighted by Gasteiger charge is -2.48. The molecule has 1 heterocycles. The van der Waals surface area contributed by atoms with Crippen molar-refractivity contribution in [2.75, 3.05) is 13.2 Å². The first kappa shape index (κ1) is 16.6. The van der Waals surface area contributed by atoms with Crippen LogP contribution in [0.1, 0.15) is 38.2 Å². The monoisotopic (exact) mass is 338 g/mol. The molecule has 0 N–H and O–H groups in total. The van der Waals surface area contributed by atoms with Crippen molar-refractivity contribution in [1.29, 1.82) is 0 Å². The minimum absolute atomic E-state index is 0.0507. The Morgan fingerprint density at radius 3 is 2.92 bits per heavy atom. The number of cyclic esters (lactones) is 1. The maximum atomic E-state index is 12.3. The highest BCUT2D eigenvalue weighted by Crippen LogP contribution is 2.63. The van der Waals surface area contributed by atoms with E-state index in [9.17, 15) is 4.79 Å². The molecule has 0 radical (unpaired) electrons. The van der Waals surface area contributed by atoms with Gasteiger partial charge in [-0.25, -0.2) is 0 Å². The molecule has 2 fully saturated rings. The van der Waals surface area contributed by atoms with Crippen molar-refractivity contribution in [1.82, 2.24) is 0 Å². The zero-order chi connectivity index (χ0) is 17.5. The van der Waals surface area contributed by atoms with E-state index in [0.717, 1.165) is 30.4 Å². The SMILES string of the molecule is C=C1CC[C@]23CC(=O)OC[C@@]1(COCc1ccccc1)C2=CC[C@H]3C. The van der Waals surface area contributed by atoms with E-state index in [-0.39, 0.29) is 16.8 Å². The quantitative estimate of drug-likeness (QED) is 0.601. The van der Waals surface area contributed by atoms with Gasteiger partial charge in [-0.2, -0.15) is 0 Å². The maximum Gasteiger partial charge on any atom is 0.306 e. The number of hydrogen-bond donors (Lipinski definition) is 0. The van der Waals surface area contributed by atoms with Gasteiger partial charge in [0.15, 0.2) is 0 Å². The molecular formula is C22H26O3. The van der Waals surface area contributed by atoms with Crippen molar-refractivity contribution < 1.29 is 14.3 Å². The van der Waals surface area contributed by atoms with Gasteiger partial charge in [0.2, 0.25) is 0 Å². The number of benzene rings is 1. The molecule has 1 aromatic rings. The Morgan fingerprint density at radius 1 is 1.32 bits per heavy atom. The molecule has 3 heteroatoms. The summed E-state index contributed by atoms with van der Waals surface area (Å²) in [5.41, 5.74) is 3.29. The Labute approximate surface area is 149 Å². The molecule has 1 saturated heterocycles. The second kappa shape index (κ2) is 6.14. The summed E-state index contributed by atoms with van der Waals surface area (Å²) in [4.78, 5) is 12.3. The Kier molecular flexibility index (Phi) is 4.07. The Hall–Kier alpha value is -1.87. The summed E-state index contributed by atoms with van der Waals surface area (Å²) < 4.78 is 11.8. The van der Waals surface area contributed by atoms with Gasteiger partial charge in [-0.3, -0.25) is 4.79 Å². The van der Waals surface area contributed by atoms with Crippen LogP contribution in [0.5, 0.6) is 0 Å². The van der Waals surface area contributed by atoms with E-state index < -0.39 is 0 Å². The second-order valence-corrected chi connectivity index (χ2v) is 7.91. The molecule has 2 aliphatic carbocycles. The fourth-order valence-electron chi connectivity index (χ4n) is 5.03. The molecule has 25 heavy (non-hydrogen) atoms. The minimum atomic E-state index is -0.343. The van der Waals surface area contributed by atoms with Crippen LogP contribution in [-0.2, 0) is 20.9 Å². The summed E-state index contributed by atoms with van der Waals surface area (Å²) in [6, 6.07) is 10.2. The third-order valence-corrected chi connectivity index (χ3v) is 6.62. The van der Waals surface area contributed by atoms with Crippen LogP contribution in [0.2, 0.25) is 0 Å². The van der Waals surface area contributed by atoms with E-state index >= 15 is 0 Å². The normalized spacial score (nSPS) is 34.1. The molecule has 1 aromatic carbocycles. The first-order valence-electron chi connectivity index (χ1n) is 9.23. The lowest BCUT2D eigenvalue weighted by molar-refractivity contribution is -0.146. The van der Waals surface area contributed by atoms with Crippen LogP contribution < -0.4 is 0 Å². The number of ether oxygens (including phenoxy) is 2. The molecule has 3 nitrogen and oxygen atoms in total. The first-order valence-corrected chi connectivity index (χ1v) is 9.23. The van der Waals surface area contributed by atoms with Gasteiger partial charge in [-0.15, -0.1) is 0 Å². The molecule has 132 valence electrons. The highest BCUT2D eigenvalue weighted by Gasteiger charge is 2.58. The van der Waals surface area contributed by atoms with E-state index in [1.807, 2.05) is 18.2 Å². The molecule has 3 atom stereocenters. The number of carbonyl (C=O) groups excluding carboxylic acids is 1.